The van der Waals surface area contributed by atoms with Crippen LogP contribution in [-0.4, -0.2) is 37.9 Å². The molecule has 19 heavy (non-hydrogen) atoms. The highest BCUT2D eigenvalue weighted by Gasteiger charge is 2.43. The normalized spacial score (nSPS) is 25.9. The number of anilines is 1. The molecule has 2 atom stereocenters. The molecule has 2 heterocycles. The highest BCUT2D eigenvalue weighted by Crippen LogP contribution is 2.31. The van der Waals surface area contributed by atoms with Crippen molar-refractivity contribution in [1.82, 2.24) is 5.32 Å². The minimum absolute atomic E-state index is 0.0344. The summed E-state index contributed by atoms with van der Waals surface area (Å²) in [6, 6.07) is 7.75. The Kier molecular flexibility index (Phi) is 3.29. The van der Waals surface area contributed by atoms with Crippen LogP contribution >= 0.6 is 0 Å². The molecule has 3 rings (SSSR count). The number of carbonyl (C=O) groups excluding carboxylic acids is 1. The molecule has 102 valence electrons. The van der Waals surface area contributed by atoms with Gasteiger partial charge in [-0.05, 0) is 44.2 Å². The van der Waals surface area contributed by atoms with Crippen molar-refractivity contribution in [3.05, 3.63) is 24.3 Å². The Morgan fingerprint density at radius 3 is 2.95 bits per heavy atom. The van der Waals surface area contributed by atoms with Crippen LogP contribution in [0.25, 0.3) is 0 Å². The molecule has 0 bridgehead atoms. The monoisotopic (exact) mass is 262 g/mol. The molecule has 0 aliphatic carbocycles. The Bertz CT molecular complexity index is 460. The molecule has 2 fully saturated rings. The molecule has 0 spiro atoms. The van der Waals surface area contributed by atoms with E-state index in [1.807, 2.05) is 31.2 Å². The number of piperidine rings is 1. The molecule has 2 unspecified atom stereocenters. The van der Waals surface area contributed by atoms with Gasteiger partial charge in [-0.3, -0.25) is 4.90 Å². The average molecular weight is 262 g/mol. The van der Waals surface area contributed by atoms with Crippen LogP contribution in [0.4, 0.5) is 10.5 Å². The fourth-order valence-electron chi connectivity index (χ4n) is 2.72. The maximum absolute atomic E-state index is 12.0. The number of rotatable bonds is 3. The highest BCUT2D eigenvalue weighted by atomic mass is 16.6. The maximum atomic E-state index is 12.0. The minimum Gasteiger partial charge on any atom is -0.494 e. The lowest BCUT2D eigenvalue weighted by Gasteiger charge is -2.28. The largest absolute Gasteiger partial charge is 0.494 e. The molecule has 2 saturated heterocycles. The van der Waals surface area contributed by atoms with Crippen molar-refractivity contribution in [3.63, 3.8) is 0 Å². The topological polar surface area (TPSA) is 50.8 Å². The van der Waals surface area contributed by atoms with Gasteiger partial charge in [0, 0.05) is 12.2 Å². The first-order valence-corrected chi connectivity index (χ1v) is 6.73. The van der Waals surface area contributed by atoms with Gasteiger partial charge in [-0.25, -0.2) is 4.79 Å². The number of hydrogen-bond donors (Lipinski definition) is 1. The SMILES string of the molecule is CCOc1ccc(N2C(=O)OC3CNCCC32)cc1. The molecular weight excluding hydrogens is 244 g/mol. The van der Waals surface area contributed by atoms with Crippen molar-refractivity contribution >= 4 is 11.8 Å². The van der Waals surface area contributed by atoms with Crippen LogP contribution in [0, 0.1) is 0 Å². The summed E-state index contributed by atoms with van der Waals surface area (Å²) in [5.41, 5.74) is 0.878. The number of amides is 1. The van der Waals surface area contributed by atoms with E-state index in [2.05, 4.69) is 5.32 Å². The van der Waals surface area contributed by atoms with E-state index in [1.165, 1.54) is 0 Å². The number of nitrogens with zero attached hydrogens (tertiary/aromatic N) is 1. The quantitative estimate of drug-likeness (QED) is 0.902. The lowest BCUT2D eigenvalue weighted by molar-refractivity contribution is 0.121. The van der Waals surface area contributed by atoms with Crippen LogP contribution in [0.1, 0.15) is 13.3 Å². The third-order valence-electron chi connectivity index (χ3n) is 3.60. The summed E-state index contributed by atoms with van der Waals surface area (Å²) in [5, 5.41) is 3.25. The van der Waals surface area contributed by atoms with Crippen molar-refractivity contribution in [2.75, 3.05) is 24.6 Å². The zero-order chi connectivity index (χ0) is 13.2. The summed E-state index contributed by atoms with van der Waals surface area (Å²) in [6.07, 6.45) is 0.638. The van der Waals surface area contributed by atoms with Crippen LogP contribution in [0.5, 0.6) is 5.75 Å². The molecule has 2 aliphatic rings. The number of ether oxygens (including phenoxy) is 2. The second-order valence-electron chi connectivity index (χ2n) is 4.78. The predicted octanol–water partition coefficient (Wildman–Crippen LogP) is 1.77. The second kappa shape index (κ2) is 5.09. The summed E-state index contributed by atoms with van der Waals surface area (Å²) in [7, 11) is 0. The van der Waals surface area contributed by atoms with Gasteiger partial charge >= 0.3 is 6.09 Å². The van der Waals surface area contributed by atoms with Crippen LogP contribution in [0.15, 0.2) is 24.3 Å². The first kappa shape index (κ1) is 12.3. The van der Waals surface area contributed by atoms with Crippen molar-refractivity contribution in [2.24, 2.45) is 0 Å². The standard InChI is InChI=1S/C14H18N2O3/c1-2-18-11-5-3-10(4-6-11)16-12-7-8-15-9-13(12)19-14(16)17/h3-6,12-13,15H,2,7-9H2,1H3. The minimum atomic E-state index is -0.247. The summed E-state index contributed by atoms with van der Waals surface area (Å²) < 4.78 is 10.8. The number of fused-ring (bicyclic) bond motifs is 1. The lowest BCUT2D eigenvalue weighted by atomic mass is 10.0. The van der Waals surface area contributed by atoms with Crippen LogP contribution in [-0.2, 0) is 4.74 Å². The molecule has 0 radical (unpaired) electrons. The summed E-state index contributed by atoms with van der Waals surface area (Å²) >= 11 is 0. The molecule has 1 amide bonds. The highest BCUT2D eigenvalue weighted by molar-refractivity contribution is 5.90. The van der Waals surface area contributed by atoms with E-state index in [-0.39, 0.29) is 18.2 Å². The molecule has 0 aromatic heterocycles. The Hall–Kier alpha value is -1.75. The zero-order valence-electron chi connectivity index (χ0n) is 11.0. The molecule has 1 N–H and O–H groups in total. The Morgan fingerprint density at radius 2 is 2.21 bits per heavy atom. The van der Waals surface area contributed by atoms with Gasteiger partial charge in [0.2, 0.25) is 0 Å². The van der Waals surface area contributed by atoms with E-state index in [0.717, 1.165) is 30.9 Å². The van der Waals surface area contributed by atoms with Gasteiger partial charge in [0.25, 0.3) is 0 Å². The van der Waals surface area contributed by atoms with Crippen molar-refractivity contribution < 1.29 is 14.3 Å². The third kappa shape index (κ3) is 2.26. The molecule has 1 aromatic rings. The smallest absolute Gasteiger partial charge is 0.415 e. The predicted molar refractivity (Wildman–Crippen MR) is 71.6 cm³/mol. The zero-order valence-corrected chi connectivity index (χ0v) is 11.0. The van der Waals surface area contributed by atoms with Crippen molar-refractivity contribution in [2.45, 2.75) is 25.5 Å². The molecule has 0 saturated carbocycles. The van der Waals surface area contributed by atoms with Crippen LogP contribution in [0.3, 0.4) is 0 Å². The molecule has 2 aliphatic heterocycles. The number of nitrogens with one attached hydrogen (secondary N) is 1. The van der Waals surface area contributed by atoms with Crippen molar-refractivity contribution in [3.8, 4) is 5.75 Å². The number of carbonyl (C=O) groups is 1. The molecular formula is C14H18N2O3. The Morgan fingerprint density at radius 1 is 1.42 bits per heavy atom. The van der Waals surface area contributed by atoms with Gasteiger partial charge in [0.15, 0.2) is 0 Å². The van der Waals surface area contributed by atoms with Gasteiger partial charge in [0.1, 0.15) is 11.9 Å². The van der Waals surface area contributed by atoms with Gasteiger partial charge in [0.05, 0.1) is 12.6 Å². The molecule has 1 aromatic carbocycles. The summed E-state index contributed by atoms with van der Waals surface area (Å²) in [4.78, 5) is 13.8. The first-order chi connectivity index (χ1) is 9.29. The average Bonchev–Trinajstić information content (AvgIpc) is 2.76. The van der Waals surface area contributed by atoms with Crippen LogP contribution in [0.2, 0.25) is 0 Å². The van der Waals surface area contributed by atoms with E-state index >= 15 is 0 Å². The molecule has 5 heteroatoms. The fraction of sp³-hybridized carbons (Fsp3) is 0.500. The van der Waals surface area contributed by atoms with Crippen molar-refractivity contribution in [1.29, 1.82) is 0 Å². The van der Waals surface area contributed by atoms with Gasteiger partial charge in [-0.1, -0.05) is 0 Å². The summed E-state index contributed by atoms with van der Waals surface area (Å²) in [6.45, 7) is 4.25. The van der Waals surface area contributed by atoms with E-state index in [9.17, 15) is 4.79 Å². The molecule has 5 nitrogen and oxygen atoms in total. The van der Waals surface area contributed by atoms with Gasteiger partial charge < -0.3 is 14.8 Å². The van der Waals surface area contributed by atoms with E-state index in [0.29, 0.717) is 6.61 Å². The van der Waals surface area contributed by atoms with Crippen LogP contribution < -0.4 is 15.0 Å². The third-order valence-corrected chi connectivity index (χ3v) is 3.60. The second-order valence-corrected chi connectivity index (χ2v) is 4.78. The van der Waals surface area contributed by atoms with Gasteiger partial charge in [-0.2, -0.15) is 0 Å². The van der Waals surface area contributed by atoms with E-state index in [4.69, 9.17) is 9.47 Å². The Labute approximate surface area is 112 Å². The van der Waals surface area contributed by atoms with E-state index < -0.39 is 0 Å². The summed E-state index contributed by atoms with van der Waals surface area (Å²) in [5.74, 6) is 0.820. The maximum Gasteiger partial charge on any atom is 0.415 e. The first-order valence-electron chi connectivity index (χ1n) is 6.73. The number of benzene rings is 1. The van der Waals surface area contributed by atoms with E-state index in [1.54, 1.807) is 4.90 Å². The number of hydrogen-bond acceptors (Lipinski definition) is 4. The van der Waals surface area contributed by atoms with Gasteiger partial charge in [-0.15, -0.1) is 0 Å². The Balaban J connectivity index is 1.82. The fourth-order valence-corrected chi connectivity index (χ4v) is 2.72. The lowest BCUT2D eigenvalue weighted by Crippen LogP contribution is -2.47.